The van der Waals surface area contributed by atoms with E-state index in [2.05, 4.69) is 36.9 Å². The molecule has 3 aromatic rings. The number of carbonyl (C=O) groups is 2. The summed E-state index contributed by atoms with van der Waals surface area (Å²) in [5.74, 6) is -0.823. The van der Waals surface area contributed by atoms with E-state index in [4.69, 9.17) is 11.6 Å². The third-order valence-electron chi connectivity index (χ3n) is 8.97. The van der Waals surface area contributed by atoms with Crippen molar-refractivity contribution in [1.29, 1.82) is 0 Å². The van der Waals surface area contributed by atoms with E-state index in [0.29, 0.717) is 11.5 Å². The van der Waals surface area contributed by atoms with Crippen molar-refractivity contribution in [2.75, 3.05) is 13.1 Å². The normalized spacial score (nSPS) is 21.1. The van der Waals surface area contributed by atoms with Crippen LogP contribution < -0.4 is 10.9 Å². The van der Waals surface area contributed by atoms with E-state index in [0.717, 1.165) is 86.9 Å². The quantitative estimate of drug-likeness (QED) is 0.317. The Balaban J connectivity index is 1.45. The van der Waals surface area contributed by atoms with Gasteiger partial charge < -0.3 is 20.0 Å². The number of halogens is 2. The van der Waals surface area contributed by atoms with E-state index in [-0.39, 0.29) is 34.5 Å². The van der Waals surface area contributed by atoms with Gasteiger partial charge in [-0.2, -0.15) is 4.99 Å². The zero-order valence-electron chi connectivity index (χ0n) is 25.5. The third-order valence-corrected chi connectivity index (χ3v) is 9.19. The van der Waals surface area contributed by atoms with Crippen LogP contribution in [0.2, 0.25) is 5.02 Å². The van der Waals surface area contributed by atoms with Crippen molar-refractivity contribution >= 4 is 34.4 Å². The minimum atomic E-state index is -0.662. The molecule has 0 bridgehead atoms. The lowest BCUT2D eigenvalue weighted by molar-refractivity contribution is -0.126. The molecule has 10 heteroatoms. The van der Waals surface area contributed by atoms with Gasteiger partial charge in [-0.3, -0.25) is 14.5 Å². The largest absolute Gasteiger partial charge is 0.390 e. The molecular weight excluding hydrogens is 569 g/mol. The second-order valence-electron chi connectivity index (χ2n) is 13.1. The Hall–Kier alpha value is -3.01. The molecule has 43 heavy (non-hydrogen) atoms. The Morgan fingerprint density at radius 2 is 1.79 bits per heavy atom. The van der Waals surface area contributed by atoms with E-state index < -0.39 is 17.3 Å². The van der Waals surface area contributed by atoms with E-state index in [1.807, 2.05) is 33.8 Å². The number of piperidine rings is 1. The number of hydrogen-bond acceptors (Lipinski definition) is 4. The number of aromatic nitrogens is 2. The number of carbonyl (C=O) groups excluding carboxylic acids is 2. The van der Waals surface area contributed by atoms with Gasteiger partial charge in [-0.1, -0.05) is 17.7 Å². The molecule has 1 aliphatic carbocycles. The van der Waals surface area contributed by atoms with Crippen molar-refractivity contribution in [3.63, 3.8) is 0 Å². The van der Waals surface area contributed by atoms with Gasteiger partial charge in [-0.25, -0.2) is 4.39 Å². The van der Waals surface area contributed by atoms with Crippen LogP contribution in [-0.4, -0.2) is 56.1 Å². The summed E-state index contributed by atoms with van der Waals surface area (Å²) >= 11 is 6.02. The van der Waals surface area contributed by atoms with Crippen LogP contribution in [0.25, 0.3) is 11.0 Å². The number of nitrogens with one attached hydrogen (secondary N) is 2. The zero-order valence-corrected chi connectivity index (χ0v) is 26.3. The van der Waals surface area contributed by atoms with Crippen molar-refractivity contribution in [2.45, 2.75) is 90.4 Å². The van der Waals surface area contributed by atoms with Crippen molar-refractivity contribution in [3.05, 3.63) is 64.0 Å². The lowest BCUT2D eigenvalue weighted by Gasteiger charge is -2.37. The number of H-pyrrole nitrogens is 1. The fraction of sp³-hybridized carbons (Fsp3) is 0.545. The second-order valence-corrected chi connectivity index (χ2v) is 13.6. The van der Waals surface area contributed by atoms with Crippen LogP contribution in [0.15, 0.2) is 41.4 Å². The molecule has 232 valence electrons. The van der Waals surface area contributed by atoms with Gasteiger partial charge in [0.15, 0.2) is 0 Å². The number of benzene rings is 2. The van der Waals surface area contributed by atoms with Crippen LogP contribution in [0.3, 0.4) is 0 Å². The Morgan fingerprint density at radius 1 is 1.09 bits per heavy atom. The molecule has 1 saturated carbocycles. The fourth-order valence-corrected chi connectivity index (χ4v) is 6.84. The van der Waals surface area contributed by atoms with Crippen molar-refractivity contribution < 1.29 is 19.1 Å². The first kappa shape index (κ1) is 31.4. The van der Waals surface area contributed by atoms with Gasteiger partial charge in [-0.05, 0) is 121 Å². The molecule has 0 unspecified atom stereocenters. The second kappa shape index (κ2) is 12.9. The average molecular weight is 612 g/mol. The van der Waals surface area contributed by atoms with Crippen LogP contribution in [-0.2, 0) is 11.3 Å². The molecule has 2 aromatic carbocycles. The number of hydrogen-bond donors (Lipinski definition) is 3. The maximum Gasteiger partial charge on any atom is 0.280 e. The number of aromatic amines is 1. The van der Waals surface area contributed by atoms with E-state index in [1.165, 1.54) is 6.07 Å². The lowest BCUT2D eigenvalue weighted by Crippen LogP contribution is -2.41. The topological polar surface area (TPSA) is 103 Å². The lowest BCUT2D eigenvalue weighted by atomic mass is 9.83. The predicted octanol–water partition coefficient (Wildman–Crippen LogP) is 5.74. The highest BCUT2D eigenvalue weighted by atomic mass is 35.5. The highest BCUT2D eigenvalue weighted by molar-refractivity contribution is 6.31. The van der Waals surface area contributed by atoms with Crippen molar-refractivity contribution in [3.8, 4) is 0 Å². The standard InChI is InChI=1S/C33H43ClFN5O3/c1-20(2)36-30(41)22-6-8-27(9-7-22)40-29-15-21(19-39-13-11-24(12-14-39)33(3,4)43)5-10-28(29)37-32(40)38-31(42)23-16-25(34)18-26(35)17-23/h5,10,15-18,20,22,24,27,43H,6-9,11-14,19H2,1-4H3,(H,36,41)(H,37,38,42)/t22-,27+. The van der Waals surface area contributed by atoms with Gasteiger partial charge in [0.05, 0.1) is 16.6 Å². The van der Waals surface area contributed by atoms with Gasteiger partial charge in [-0.15, -0.1) is 0 Å². The number of aliphatic hydroxyl groups is 1. The van der Waals surface area contributed by atoms with Crippen LogP contribution in [0, 0.1) is 17.7 Å². The molecule has 1 saturated heterocycles. The summed E-state index contributed by atoms with van der Waals surface area (Å²) in [4.78, 5) is 36.1. The van der Waals surface area contributed by atoms with E-state index in [9.17, 15) is 19.1 Å². The highest BCUT2D eigenvalue weighted by Gasteiger charge is 2.31. The van der Waals surface area contributed by atoms with E-state index in [1.54, 1.807) is 0 Å². The first-order valence-corrected chi connectivity index (χ1v) is 15.8. The first-order chi connectivity index (χ1) is 20.4. The summed E-state index contributed by atoms with van der Waals surface area (Å²) < 4.78 is 16.1. The molecule has 5 rings (SSSR count). The summed E-state index contributed by atoms with van der Waals surface area (Å²) in [6.45, 7) is 10.4. The zero-order chi connectivity index (χ0) is 30.9. The number of likely N-dealkylation sites (tertiary alicyclic amines) is 1. The Bertz CT molecular complexity index is 1520. The maximum atomic E-state index is 14.0. The molecule has 1 aromatic heterocycles. The van der Waals surface area contributed by atoms with Gasteiger partial charge in [0.1, 0.15) is 5.82 Å². The summed E-state index contributed by atoms with van der Waals surface area (Å²) in [6, 6.07) is 10.1. The first-order valence-electron chi connectivity index (χ1n) is 15.4. The molecule has 2 fully saturated rings. The number of imidazole rings is 1. The molecule has 2 heterocycles. The number of rotatable bonds is 7. The number of nitrogens with zero attached hydrogens (tertiary/aromatic N) is 3. The Labute approximate surface area is 257 Å². The maximum absolute atomic E-state index is 14.0. The van der Waals surface area contributed by atoms with Crippen LogP contribution in [0.4, 0.5) is 4.39 Å². The molecule has 3 N–H and O–H groups in total. The van der Waals surface area contributed by atoms with Crippen LogP contribution in [0.5, 0.6) is 0 Å². The van der Waals surface area contributed by atoms with Crippen molar-refractivity contribution in [2.24, 2.45) is 16.8 Å². The summed E-state index contributed by atoms with van der Waals surface area (Å²) in [7, 11) is 0. The van der Waals surface area contributed by atoms with Gasteiger partial charge in [0.25, 0.3) is 5.91 Å². The van der Waals surface area contributed by atoms with Gasteiger partial charge in [0.2, 0.25) is 11.5 Å². The summed E-state index contributed by atoms with van der Waals surface area (Å²) in [5, 5.41) is 13.6. The molecule has 2 aliphatic rings. The molecular formula is C33H43ClFN5O3. The minimum absolute atomic E-state index is 0.0386. The Morgan fingerprint density at radius 3 is 2.42 bits per heavy atom. The average Bonchev–Trinajstić information content (AvgIpc) is 3.29. The molecule has 0 spiro atoms. The number of amides is 2. The molecule has 1 aliphatic heterocycles. The fourth-order valence-electron chi connectivity index (χ4n) is 6.62. The summed E-state index contributed by atoms with van der Waals surface area (Å²) in [6.07, 6.45) is 4.94. The van der Waals surface area contributed by atoms with Crippen molar-refractivity contribution in [1.82, 2.24) is 19.8 Å². The third kappa shape index (κ3) is 7.56. The number of fused-ring (bicyclic) bond motifs is 1. The molecule has 8 nitrogen and oxygen atoms in total. The molecule has 0 radical (unpaired) electrons. The molecule has 0 atom stereocenters. The summed E-state index contributed by atoms with van der Waals surface area (Å²) in [5.41, 5.74) is 2.78. The SMILES string of the molecule is CC(C)NC(=O)[C@H]1CC[C@@H](n2/c(=N/C(=O)c3cc(F)cc(Cl)c3)[nH]c3ccc(CN4CCC(C(C)(C)O)CC4)cc32)CC1. The molecule has 2 amide bonds. The van der Waals surface area contributed by atoms with E-state index >= 15 is 0 Å². The highest BCUT2D eigenvalue weighted by Crippen LogP contribution is 2.34. The Kier molecular flexibility index (Phi) is 9.44. The van der Waals surface area contributed by atoms with Crippen LogP contribution >= 0.6 is 11.6 Å². The minimum Gasteiger partial charge on any atom is -0.390 e. The predicted molar refractivity (Wildman–Crippen MR) is 166 cm³/mol. The monoisotopic (exact) mass is 611 g/mol. The smallest absolute Gasteiger partial charge is 0.280 e. The van der Waals surface area contributed by atoms with Gasteiger partial charge >= 0.3 is 0 Å². The van der Waals surface area contributed by atoms with Crippen LogP contribution in [0.1, 0.15) is 88.2 Å². The van der Waals surface area contributed by atoms with Gasteiger partial charge in [0, 0.05) is 35.1 Å².